The van der Waals surface area contributed by atoms with Gasteiger partial charge in [-0.1, -0.05) is 24.3 Å². The summed E-state index contributed by atoms with van der Waals surface area (Å²) in [5.41, 5.74) is 1.01. The van der Waals surface area contributed by atoms with Crippen molar-refractivity contribution >= 4 is 22.6 Å². The molecule has 3 rings (SSSR count). The average molecular weight is 399 g/mol. The zero-order valence-corrected chi connectivity index (χ0v) is 17.4. The van der Waals surface area contributed by atoms with Crippen LogP contribution in [0.5, 0.6) is 5.75 Å². The Morgan fingerprint density at radius 1 is 1.17 bits per heavy atom. The Bertz CT molecular complexity index is 882. The molecule has 0 aliphatic carbocycles. The van der Waals surface area contributed by atoms with Gasteiger partial charge < -0.3 is 14.7 Å². The van der Waals surface area contributed by atoms with Crippen molar-refractivity contribution < 1.29 is 19.4 Å². The first-order chi connectivity index (χ1) is 13.9. The number of carbonyl (C=O) groups is 2. The predicted octanol–water partition coefficient (Wildman–Crippen LogP) is 3.35. The molecule has 1 heterocycles. The van der Waals surface area contributed by atoms with Crippen molar-refractivity contribution in [3.05, 3.63) is 42.0 Å². The van der Waals surface area contributed by atoms with Gasteiger partial charge in [0.2, 0.25) is 5.91 Å². The average Bonchev–Trinajstić information content (AvgIpc) is 2.97. The van der Waals surface area contributed by atoms with Crippen molar-refractivity contribution in [2.24, 2.45) is 0 Å². The van der Waals surface area contributed by atoms with Crippen LogP contribution in [0.25, 0.3) is 10.8 Å². The van der Waals surface area contributed by atoms with Crippen molar-refractivity contribution in [1.29, 1.82) is 0 Å². The lowest BCUT2D eigenvalue weighted by Crippen LogP contribution is -2.38. The summed E-state index contributed by atoms with van der Waals surface area (Å²) in [5, 5.41) is 11.2. The molecule has 1 fully saturated rings. The molecule has 29 heavy (non-hydrogen) atoms. The molecule has 0 spiro atoms. The number of hydrogen-bond acceptors (Lipinski definition) is 4. The molecule has 1 saturated heterocycles. The van der Waals surface area contributed by atoms with Gasteiger partial charge >= 0.3 is 5.97 Å². The van der Waals surface area contributed by atoms with Gasteiger partial charge in [0.25, 0.3) is 0 Å². The SMILES string of the molecule is COc1ccc2cc(C(C)C(=O)N3CCCC(N(C)CC(=O)O)CC3)ccc2c1. The number of methoxy groups -OCH3 is 1. The van der Waals surface area contributed by atoms with Gasteiger partial charge in [0.1, 0.15) is 5.75 Å². The van der Waals surface area contributed by atoms with Gasteiger partial charge in [0, 0.05) is 19.1 Å². The minimum atomic E-state index is -0.813. The van der Waals surface area contributed by atoms with Crippen LogP contribution >= 0.6 is 0 Å². The molecule has 2 aromatic rings. The third-order valence-corrected chi connectivity index (χ3v) is 5.96. The first-order valence-corrected chi connectivity index (χ1v) is 10.2. The molecule has 0 radical (unpaired) electrons. The molecule has 6 heteroatoms. The summed E-state index contributed by atoms with van der Waals surface area (Å²) in [7, 11) is 3.50. The van der Waals surface area contributed by atoms with E-state index in [2.05, 4.69) is 6.07 Å². The standard InChI is InChI=1S/C23H30N2O4/c1-16(17-6-7-19-14-21(29-3)9-8-18(19)13-17)23(28)25-11-4-5-20(10-12-25)24(2)15-22(26)27/h6-9,13-14,16,20H,4-5,10-12,15H2,1-3H3,(H,26,27). The first kappa shape index (κ1) is 21.1. The van der Waals surface area contributed by atoms with Crippen LogP contribution < -0.4 is 4.74 Å². The molecule has 0 saturated carbocycles. The Hall–Kier alpha value is -2.60. The second kappa shape index (κ2) is 9.27. The number of nitrogens with zero attached hydrogens (tertiary/aromatic N) is 2. The molecule has 2 aromatic carbocycles. The van der Waals surface area contributed by atoms with E-state index in [4.69, 9.17) is 9.84 Å². The van der Waals surface area contributed by atoms with Crippen LogP contribution in [-0.2, 0) is 9.59 Å². The molecule has 2 atom stereocenters. The highest BCUT2D eigenvalue weighted by molar-refractivity contribution is 5.88. The number of carbonyl (C=O) groups excluding carboxylic acids is 1. The molecule has 1 aliphatic rings. The zero-order valence-electron chi connectivity index (χ0n) is 17.4. The fourth-order valence-electron chi connectivity index (χ4n) is 4.14. The van der Waals surface area contributed by atoms with Crippen LogP contribution in [0.15, 0.2) is 36.4 Å². The predicted molar refractivity (Wildman–Crippen MR) is 113 cm³/mol. The maximum atomic E-state index is 13.1. The Morgan fingerprint density at radius 3 is 2.62 bits per heavy atom. The Morgan fingerprint density at radius 2 is 1.90 bits per heavy atom. The lowest BCUT2D eigenvalue weighted by molar-refractivity contribution is -0.138. The maximum Gasteiger partial charge on any atom is 0.317 e. The molecule has 1 aliphatic heterocycles. The molecule has 0 aromatic heterocycles. The van der Waals surface area contributed by atoms with Gasteiger partial charge in [-0.2, -0.15) is 0 Å². The molecule has 2 unspecified atom stereocenters. The number of amides is 1. The van der Waals surface area contributed by atoms with Crippen LogP contribution in [-0.4, -0.2) is 66.6 Å². The number of aliphatic carboxylic acids is 1. The molecule has 1 N–H and O–H groups in total. The summed E-state index contributed by atoms with van der Waals surface area (Å²) in [5.74, 6) is -0.0669. The summed E-state index contributed by atoms with van der Waals surface area (Å²) in [6.07, 6.45) is 2.62. The van der Waals surface area contributed by atoms with Gasteiger partial charge in [0.05, 0.1) is 19.6 Å². The fourth-order valence-corrected chi connectivity index (χ4v) is 4.14. The number of likely N-dealkylation sites (tertiary alicyclic amines) is 1. The van der Waals surface area contributed by atoms with E-state index in [1.807, 2.05) is 54.1 Å². The Balaban J connectivity index is 1.68. The Labute approximate surface area is 172 Å². The molecule has 6 nitrogen and oxygen atoms in total. The van der Waals surface area contributed by atoms with Crippen LogP contribution in [0.2, 0.25) is 0 Å². The summed E-state index contributed by atoms with van der Waals surface area (Å²) in [4.78, 5) is 27.9. The summed E-state index contributed by atoms with van der Waals surface area (Å²) >= 11 is 0. The highest BCUT2D eigenvalue weighted by atomic mass is 16.5. The number of carboxylic acid groups (broad SMARTS) is 1. The maximum absolute atomic E-state index is 13.1. The largest absolute Gasteiger partial charge is 0.497 e. The van der Waals surface area contributed by atoms with Gasteiger partial charge in [0.15, 0.2) is 0 Å². The van der Waals surface area contributed by atoms with Gasteiger partial charge in [-0.15, -0.1) is 0 Å². The van der Waals surface area contributed by atoms with E-state index in [1.165, 1.54) is 0 Å². The lowest BCUT2D eigenvalue weighted by Gasteiger charge is -2.27. The second-order valence-corrected chi connectivity index (χ2v) is 7.91. The summed E-state index contributed by atoms with van der Waals surface area (Å²) < 4.78 is 5.28. The van der Waals surface area contributed by atoms with E-state index in [1.54, 1.807) is 7.11 Å². The van der Waals surface area contributed by atoms with Gasteiger partial charge in [-0.25, -0.2) is 0 Å². The monoisotopic (exact) mass is 398 g/mol. The van der Waals surface area contributed by atoms with Crippen LogP contribution in [0.4, 0.5) is 0 Å². The highest BCUT2D eigenvalue weighted by Crippen LogP contribution is 2.27. The van der Waals surface area contributed by atoms with Gasteiger partial charge in [-0.3, -0.25) is 14.5 Å². The van der Waals surface area contributed by atoms with E-state index >= 15 is 0 Å². The fraction of sp³-hybridized carbons (Fsp3) is 0.478. The van der Waals surface area contributed by atoms with E-state index in [0.717, 1.165) is 47.9 Å². The topological polar surface area (TPSA) is 70.1 Å². The van der Waals surface area contributed by atoms with E-state index in [9.17, 15) is 9.59 Å². The van der Waals surface area contributed by atoms with E-state index in [0.29, 0.717) is 6.54 Å². The molecular weight excluding hydrogens is 368 g/mol. The van der Waals surface area contributed by atoms with Crippen molar-refractivity contribution in [3.8, 4) is 5.75 Å². The van der Waals surface area contributed by atoms with Crippen molar-refractivity contribution in [2.75, 3.05) is 33.8 Å². The normalized spacial score (nSPS) is 18.5. The summed E-state index contributed by atoms with van der Waals surface area (Å²) in [6, 6.07) is 12.3. The minimum absolute atomic E-state index is 0.0386. The zero-order chi connectivity index (χ0) is 21.0. The smallest absolute Gasteiger partial charge is 0.317 e. The van der Waals surface area contributed by atoms with Crippen LogP contribution in [0.1, 0.15) is 37.7 Å². The van der Waals surface area contributed by atoms with Crippen molar-refractivity contribution in [2.45, 2.75) is 38.1 Å². The number of ether oxygens (including phenoxy) is 1. The van der Waals surface area contributed by atoms with E-state index in [-0.39, 0.29) is 24.4 Å². The molecule has 156 valence electrons. The second-order valence-electron chi connectivity index (χ2n) is 7.91. The van der Waals surface area contributed by atoms with Crippen LogP contribution in [0, 0.1) is 0 Å². The number of benzene rings is 2. The third-order valence-electron chi connectivity index (χ3n) is 5.96. The van der Waals surface area contributed by atoms with Crippen LogP contribution in [0.3, 0.4) is 0 Å². The number of likely N-dealkylation sites (N-methyl/N-ethyl adjacent to an activating group) is 1. The number of carboxylic acids is 1. The molecule has 1 amide bonds. The number of hydrogen-bond donors (Lipinski definition) is 1. The first-order valence-electron chi connectivity index (χ1n) is 10.2. The number of rotatable bonds is 6. The quantitative estimate of drug-likeness (QED) is 0.808. The Kier molecular flexibility index (Phi) is 6.75. The van der Waals surface area contributed by atoms with E-state index < -0.39 is 5.97 Å². The molecular formula is C23H30N2O4. The van der Waals surface area contributed by atoms with Crippen molar-refractivity contribution in [1.82, 2.24) is 9.80 Å². The molecule has 0 bridgehead atoms. The van der Waals surface area contributed by atoms with Gasteiger partial charge in [-0.05, 0) is 61.7 Å². The summed E-state index contributed by atoms with van der Waals surface area (Å²) in [6.45, 7) is 3.40. The minimum Gasteiger partial charge on any atom is -0.497 e. The number of fused-ring (bicyclic) bond motifs is 1. The third kappa shape index (κ3) is 5.07. The lowest BCUT2D eigenvalue weighted by atomic mass is 9.96. The highest BCUT2D eigenvalue weighted by Gasteiger charge is 2.27. The van der Waals surface area contributed by atoms with Crippen molar-refractivity contribution in [3.63, 3.8) is 0 Å².